The van der Waals surface area contributed by atoms with Gasteiger partial charge in [-0.15, -0.1) is 0 Å². The first-order valence-corrected chi connectivity index (χ1v) is 15.7. The van der Waals surface area contributed by atoms with E-state index in [1.807, 2.05) is 18.2 Å². The van der Waals surface area contributed by atoms with Gasteiger partial charge in [0.15, 0.2) is 11.6 Å². The zero-order valence-corrected chi connectivity index (χ0v) is 29.7. The molecule has 12 nitrogen and oxygen atoms in total. The van der Waals surface area contributed by atoms with Crippen molar-refractivity contribution in [2.24, 2.45) is 9.98 Å². The summed E-state index contributed by atoms with van der Waals surface area (Å²) in [5.41, 5.74) is 2.31. The van der Waals surface area contributed by atoms with Crippen LogP contribution in [0.2, 0.25) is 0 Å². The van der Waals surface area contributed by atoms with Crippen molar-refractivity contribution in [3.63, 3.8) is 0 Å². The number of fused-ring (bicyclic) bond motifs is 2. The molecule has 4 rings (SSSR count). The maximum absolute atomic E-state index is 12.0. The highest BCUT2D eigenvalue weighted by atomic mass is 79.9. The summed E-state index contributed by atoms with van der Waals surface area (Å²) >= 11 is 3.40. The minimum absolute atomic E-state index is 0.0561. The molecule has 2 aromatic rings. The number of aromatic carboxylic acids is 1. The number of ether oxygens (including phenoxy) is 2. The van der Waals surface area contributed by atoms with Crippen LogP contribution in [-0.4, -0.2) is 57.7 Å². The molecule has 0 aliphatic carbocycles. The third-order valence-electron chi connectivity index (χ3n) is 6.35. The number of carboxylic acid groups (broad SMARTS) is 1. The molecule has 0 saturated carbocycles. The smallest absolute Gasteiger partial charge is 0.413 e. The van der Waals surface area contributed by atoms with Crippen molar-refractivity contribution >= 4 is 80.9 Å². The molecular formula is C35H39BrN4O8. The van der Waals surface area contributed by atoms with E-state index in [1.165, 1.54) is 26.0 Å². The van der Waals surface area contributed by atoms with Crippen molar-refractivity contribution in [3.8, 4) is 0 Å². The number of benzene rings is 2. The molecule has 2 heterocycles. The molecule has 2 amide bonds. The molecule has 0 radical (unpaired) electrons. The molecule has 0 aromatic heterocycles. The highest BCUT2D eigenvalue weighted by molar-refractivity contribution is 9.10. The molecule has 254 valence electrons. The van der Waals surface area contributed by atoms with Crippen LogP contribution in [0.1, 0.15) is 89.7 Å². The standard InChI is InChI=1S/C18H20N2O5.C17H19BrN2O3/c1-10(21)13-7-11-5-6-12(16(22)23)8-14(11)19-15(9-13)20-17(24)25-18(2,3)4;1-10(21)12-7-11-5-6-13(18)9-14(11)19-15(8-12)20-16(22)23-17(2,3)4/h5-8H,9H2,1-4H3,(H,22,23)(H,19,20,24);5-7,9H,8H2,1-4H3,(H,19,20,22). The van der Waals surface area contributed by atoms with Gasteiger partial charge in [0, 0.05) is 39.6 Å². The lowest BCUT2D eigenvalue weighted by molar-refractivity contribution is -0.114. The molecule has 3 N–H and O–H groups in total. The van der Waals surface area contributed by atoms with Crippen LogP contribution in [0.4, 0.5) is 21.0 Å². The van der Waals surface area contributed by atoms with Crippen LogP contribution in [-0.2, 0) is 19.1 Å². The zero-order chi connectivity index (χ0) is 36.0. The Morgan fingerprint density at radius 1 is 0.708 bits per heavy atom. The average Bonchev–Trinajstić information content (AvgIpc) is 3.21. The van der Waals surface area contributed by atoms with E-state index < -0.39 is 29.4 Å². The average molecular weight is 724 g/mol. The van der Waals surface area contributed by atoms with Crippen LogP contribution < -0.4 is 10.6 Å². The number of alkyl carbamates (subject to hydrolysis) is 2. The first-order valence-electron chi connectivity index (χ1n) is 14.9. The van der Waals surface area contributed by atoms with Crippen LogP contribution in [0.3, 0.4) is 0 Å². The number of nitrogens with one attached hydrogen (secondary N) is 2. The normalized spacial score (nSPS) is 13.9. The number of carboxylic acids is 1. The summed E-state index contributed by atoms with van der Waals surface area (Å²) in [7, 11) is 0. The largest absolute Gasteiger partial charge is 0.478 e. The Morgan fingerprint density at radius 2 is 1.12 bits per heavy atom. The molecule has 0 atom stereocenters. The maximum atomic E-state index is 12.0. The number of Topliss-reactive ketones (excluding diaryl/α,β-unsaturated/α-hetero) is 2. The second kappa shape index (κ2) is 15.3. The Labute approximate surface area is 287 Å². The number of ketones is 2. The summed E-state index contributed by atoms with van der Waals surface area (Å²) < 4.78 is 11.3. The lowest BCUT2D eigenvalue weighted by atomic mass is 10.0. The van der Waals surface area contributed by atoms with Gasteiger partial charge in [0.05, 0.1) is 16.9 Å². The molecule has 2 aliphatic heterocycles. The van der Waals surface area contributed by atoms with Crippen LogP contribution in [0.25, 0.3) is 12.2 Å². The van der Waals surface area contributed by atoms with E-state index >= 15 is 0 Å². The first kappa shape index (κ1) is 37.5. The molecule has 2 aliphatic rings. The number of hydrogen-bond donors (Lipinski definition) is 3. The predicted octanol–water partition coefficient (Wildman–Crippen LogP) is 7.70. The Kier molecular flexibility index (Phi) is 12.0. The van der Waals surface area contributed by atoms with Crippen LogP contribution >= 0.6 is 15.9 Å². The number of hydrogen-bond acceptors (Lipinski definition) is 9. The number of carbonyl (C=O) groups is 5. The zero-order valence-electron chi connectivity index (χ0n) is 28.1. The lowest BCUT2D eigenvalue weighted by Gasteiger charge is -2.20. The van der Waals surface area contributed by atoms with Crippen molar-refractivity contribution in [2.45, 2.75) is 79.4 Å². The van der Waals surface area contributed by atoms with E-state index in [0.29, 0.717) is 33.9 Å². The molecule has 0 fully saturated rings. The number of halogens is 1. The van der Waals surface area contributed by atoms with Crippen molar-refractivity contribution in [1.29, 1.82) is 0 Å². The Morgan fingerprint density at radius 3 is 1.52 bits per heavy atom. The summed E-state index contributed by atoms with van der Waals surface area (Å²) in [6.45, 7) is 13.5. The van der Waals surface area contributed by atoms with Gasteiger partial charge >= 0.3 is 18.2 Å². The van der Waals surface area contributed by atoms with Crippen molar-refractivity contribution in [3.05, 3.63) is 68.7 Å². The number of rotatable bonds is 3. The minimum Gasteiger partial charge on any atom is -0.478 e. The van der Waals surface area contributed by atoms with Gasteiger partial charge in [-0.25, -0.2) is 24.4 Å². The van der Waals surface area contributed by atoms with Crippen LogP contribution in [0.15, 0.2) is 62.0 Å². The monoisotopic (exact) mass is 722 g/mol. The minimum atomic E-state index is -1.08. The van der Waals surface area contributed by atoms with Gasteiger partial charge in [0.25, 0.3) is 0 Å². The summed E-state index contributed by atoms with van der Waals surface area (Å²) in [6, 6.07) is 10.0. The third-order valence-corrected chi connectivity index (χ3v) is 6.84. The summed E-state index contributed by atoms with van der Waals surface area (Å²) in [5, 5.41) is 14.3. The summed E-state index contributed by atoms with van der Waals surface area (Å²) in [5.74, 6) is -0.692. The van der Waals surface area contributed by atoms with E-state index in [1.54, 1.807) is 59.8 Å². The summed E-state index contributed by atoms with van der Waals surface area (Å²) in [4.78, 5) is 67.6. The Hall–Kier alpha value is -4.91. The number of carbonyl (C=O) groups excluding carboxylic acids is 4. The van der Waals surface area contributed by atoms with Crippen LogP contribution in [0, 0.1) is 0 Å². The molecule has 13 heteroatoms. The van der Waals surface area contributed by atoms with Gasteiger partial charge in [0.2, 0.25) is 0 Å². The molecule has 0 unspecified atom stereocenters. The Bertz CT molecular complexity index is 1780. The van der Waals surface area contributed by atoms with Gasteiger partial charge in [0.1, 0.15) is 22.9 Å². The third kappa shape index (κ3) is 11.7. The second-order valence-corrected chi connectivity index (χ2v) is 13.9. The maximum Gasteiger partial charge on any atom is 0.413 e. The van der Waals surface area contributed by atoms with E-state index in [2.05, 4.69) is 36.5 Å². The lowest BCUT2D eigenvalue weighted by Crippen LogP contribution is -2.36. The van der Waals surface area contributed by atoms with Crippen molar-refractivity contribution < 1.29 is 38.6 Å². The Balaban J connectivity index is 0.000000261. The fraction of sp³-hybridized carbons (Fsp3) is 0.343. The van der Waals surface area contributed by atoms with E-state index in [-0.39, 0.29) is 35.8 Å². The van der Waals surface area contributed by atoms with E-state index in [9.17, 15) is 24.0 Å². The van der Waals surface area contributed by atoms with Crippen molar-refractivity contribution in [2.75, 3.05) is 0 Å². The SMILES string of the molecule is CC(=O)C1=Cc2ccc(Br)cc2N=C(NC(=O)OC(C)(C)C)C1.CC(=O)C1=Cc2ccc(C(=O)O)cc2N=C(NC(=O)OC(C)(C)C)C1. The fourth-order valence-corrected chi connectivity index (χ4v) is 4.63. The first-order chi connectivity index (χ1) is 22.2. The fourth-order valence-electron chi connectivity index (χ4n) is 4.28. The highest BCUT2D eigenvalue weighted by Gasteiger charge is 2.23. The quantitative estimate of drug-likeness (QED) is 0.289. The van der Waals surface area contributed by atoms with Gasteiger partial charge in [-0.3, -0.25) is 20.2 Å². The molecule has 0 bridgehead atoms. The predicted molar refractivity (Wildman–Crippen MR) is 187 cm³/mol. The topological polar surface area (TPSA) is 173 Å². The number of amides is 2. The molecule has 2 aromatic carbocycles. The van der Waals surface area contributed by atoms with Gasteiger partial charge < -0.3 is 14.6 Å². The summed E-state index contributed by atoms with van der Waals surface area (Å²) in [6.07, 6.45) is 2.55. The number of amidine groups is 2. The molecular weight excluding hydrogens is 684 g/mol. The highest BCUT2D eigenvalue weighted by Crippen LogP contribution is 2.30. The molecule has 0 saturated heterocycles. The van der Waals surface area contributed by atoms with Crippen molar-refractivity contribution in [1.82, 2.24) is 10.6 Å². The van der Waals surface area contributed by atoms with Crippen LogP contribution in [0.5, 0.6) is 0 Å². The van der Waals surface area contributed by atoms with Gasteiger partial charge in [-0.05, 0) is 91.8 Å². The molecule has 0 spiro atoms. The van der Waals surface area contributed by atoms with Gasteiger partial charge in [-0.1, -0.05) is 28.1 Å². The van der Waals surface area contributed by atoms with E-state index in [0.717, 1.165) is 10.0 Å². The number of nitrogens with zero attached hydrogens (tertiary/aromatic N) is 2. The van der Waals surface area contributed by atoms with E-state index in [4.69, 9.17) is 14.6 Å². The number of aliphatic imine (C=N–C) groups is 2. The molecule has 48 heavy (non-hydrogen) atoms. The van der Waals surface area contributed by atoms with Gasteiger partial charge in [-0.2, -0.15) is 0 Å². The second-order valence-electron chi connectivity index (χ2n) is 13.0.